The van der Waals surface area contributed by atoms with Crippen LogP contribution in [0.4, 0.5) is 5.69 Å². The van der Waals surface area contributed by atoms with Crippen LogP contribution in [0.1, 0.15) is 20.9 Å². The molecule has 2 amide bonds. The smallest absolute Gasteiger partial charge is 0.292 e. The van der Waals surface area contributed by atoms with E-state index < -0.39 is 11.3 Å². The van der Waals surface area contributed by atoms with Crippen molar-refractivity contribution in [2.75, 3.05) is 30.9 Å². The summed E-state index contributed by atoms with van der Waals surface area (Å²) < 4.78 is 26.6. The number of rotatable bonds is 4. The second kappa shape index (κ2) is 7.45. The second-order valence-electron chi connectivity index (χ2n) is 5.39. The Kier molecular flexibility index (Phi) is 5.10. The maximum atomic E-state index is 12.5. The molecule has 0 saturated carbocycles. The van der Waals surface area contributed by atoms with Crippen molar-refractivity contribution in [3.63, 3.8) is 0 Å². The molecule has 1 aromatic carbocycles. The molecular weight excluding hydrogens is 348 g/mol. The third kappa shape index (κ3) is 4.03. The highest BCUT2D eigenvalue weighted by Gasteiger charge is 2.26. The van der Waals surface area contributed by atoms with Gasteiger partial charge in [0.1, 0.15) is 0 Å². The number of hydrogen-bond acceptors (Lipinski definition) is 5. The molecule has 1 aromatic heterocycles. The molecule has 0 bridgehead atoms. The van der Waals surface area contributed by atoms with Gasteiger partial charge in [0, 0.05) is 43.5 Å². The lowest BCUT2D eigenvalue weighted by Gasteiger charge is -2.34. The van der Waals surface area contributed by atoms with Crippen molar-refractivity contribution in [2.45, 2.75) is 0 Å². The van der Waals surface area contributed by atoms with Crippen LogP contribution in [0, 0.1) is 0 Å². The molecule has 1 aliphatic heterocycles. The van der Waals surface area contributed by atoms with Crippen LogP contribution in [0.25, 0.3) is 0 Å². The Morgan fingerprint density at radius 2 is 1.64 bits per heavy atom. The second-order valence-corrected chi connectivity index (χ2v) is 6.09. The summed E-state index contributed by atoms with van der Waals surface area (Å²) in [4.78, 5) is 28.0. The van der Waals surface area contributed by atoms with Gasteiger partial charge >= 0.3 is 0 Å². The molecule has 1 atom stereocenters. The van der Waals surface area contributed by atoms with Gasteiger partial charge in [-0.15, -0.1) is 0 Å². The molecule has 3 rings (SSSR count). The first-order chi connectivity index (χ1) is 12.0. The van der Waals surface area contributed by atoms with Gasteiger partial charge in [-0.05, 0) is 24.3 Å². The first-order valence-electron chi connectivity index (χ1n) is 7.51. The molecule has 1 fully saturated rings. The Labute approximate surface area is 146 Å². The summed E-state index contributed by atoms with van der Waals surface area (Å²) in [7, 11) is 0. The molecule has 9 nitrogen and oxygen atoms in total. The summed E-state index contributed by atoms with van der Waals surface area (Å²) >= 11 is -2.15. The lowest BCUT2D eigenvalue weighted by Crippen LogP contribution is -2.50. The van der Waals surface area contributed by atoms with Crippen LogP contribution in [0.2, 0.25) is 0 Å². The molecule has 25 heavy (non-hydrogen) atoms. The van der Waals surface area contributed by atoms with E-state index in [2.05, 4.69) is 9.88 Å². The number of amides is 2. The molecule has 1 saturated heterocycles. The number of benzene rings is 1. The quantitative estimate of drug-likeness (QED) is 0.776. The van der Waals surface area contributed by atoms with Gasteiger partial charge in [-0.25, -0.2) is 4.21 Å². The van der Waals surface area contributed by atoms with Crippen molar-refractivity contribution in [2.24, 2.45) is 0 Å². The Bertz CT molecular complexity index is 770. The van der Waals surface area contributed by atoms with E-state index in [0.29, 0.717) is 37.4 Å². The van der Waals surface area contributed by atoms with Gasteiger partial charge in [-0.1, -0.05) is 5.16 Å². The number of carbonyl (C=O) groups excluding carboxylic acids is 2. The number of carbonyl (C=O) groups is 2. The lowest BCUT2D eigenvalue weighted by molar-refractivity contribution is 0.0513. The predicted molar refractivity (Wildman–Crippen MR) is 89.1 cm³/mol. The van der Waals surface area contributed by atoms with Gasteiger partial charge in [0.15, 0.2) is 0 Å². The summed E-state index contributed by atoms with van der Waals surface area (Å²) in [6.45, 7) is 1.65. The van der Waals surface area contributed by atoms with E-state index in [0.717, 1.165) is 0 Å². The fourth-order valence-electron chi connectivity index (χ4n) is 2.56. The minimum atomic E-state index is -2.15. The summed E-state index contributed by atoms with van der Waals surface area (Å²) in [5.41, 5.74) is 0.920. The number of piperazine rings is 1. The Morgan fingerprint density at radius 3 is 2.16 bits per heavy atom. The van der Waals surface area contributed by atoms with E-state index in [-0.39, 0.29) is 17.6 Å². The molecule has 1 unspecified atom stereocenters. The predicted octanol–water partition coefficient (Wildman–Crippen LogP) is 0.821. The fraction of sp³-hybridized carbons (Fsp3) is 0.267. The average molecular weight is 364 g/mol. The van der Waals surface area contributed by atoms with E-state index in [9.17, 15) is 13.8 Å². The SMILES string of the molecule is O=C(c1ccc(NS(=O)O)cc1)N1CCN(C(=O)c2ccno2)CC1. The van der Waals surface area contributed by atoms with Gasteiger partial charge in [0.2, 0.25) is 5.76 Å². The van der Waals surface area contributed by atoms with Crippen LogP contribution in [-0.2, 0) is 11.3 Å². The average Bonchev–Trinajstić information content (AvgIpc) is 3.15. The number of nitrogens with one attached hydrogen (secondary N) is 1. The summed E-state index contributed by atoms with van der Waals surface area (Å²) in [5, 5.41) is 3.52. The molecule has 10 heteroatoms. The van der Waals surface area contributed by atoms with Crippen LogP contribution in [-0.4, -0.2) is 61.7 Å². The van der Waals surface area contributed by atoms with Crippen LogP contribution in [0.5, 0.6) is 0 Å². The third-order valence-electron chi connectivity index (χ3n) is 3.84. The van der Waals surface area contributed by atoms with Crippen LogP contribution in [0.3, 0.4) is 0 Å². The maximum absolute atomic E-state index is 12.5. The molecule has 0 radical (unpaired) electrons. The normalized spacial score (nSPS) is 15.7. The van der Waals surface area contributed by atoms with E-state index in [1.165, 1.54) is 12.3 Å². The van der Waals surface area contributed by atoms with Gasteiger partial charge < -0.3 is 14.3 Å². The van der Waals surface area contributed by atoms with Crippen LogP contribution >= 0.6 is 0 Å². The Balaban J connectivity index is 1.58. The molecule has 0 spiro atoms. The zero-order valence-corrected chi connectivity index (χ0v) is 13.9. The number of nitrogens with zero attached hydrogens (tertiary/aromatic N) is 3. The standard InChI is InChI=1S/C15H16N4O5S/c20-14(11-1-3-12(4-2-11)17-25(22)23)18-7-9-19(10-8-18)15(21)13-5-6-16-24-13/h1-6,17H,7-10H2,(H,22,23). The maximum Gasteiger partial charge on any atom is 0.292 e. The molecular formula is C15H16N4O5S. The first kappa shape index (κ1) is 17.1. The minimum absolute atomic E-state index is 0.150. The topological polar surface area (TPSA) is 116 Å². The highest BCUT2D eigenvalue weighted by atomic mass is 32.2. The van der Waals surface area contributed by atoms with Gasteiger partial charge in [0.05, 0.1) is 6.20 Å². The molecule has 132 valence electrons. The Morgan fingerprint density at radius 1 is 1.04 bits per heavy atom. The zero-order valence-electron chi connectivity index (χ0n) is 13.1. The van der Waals surface area contributed by atoms with E-state index >= 15 is 0 Å². The lowest BCUT2D eigenvalue weighted by atomic mass is 10.1. The Hall–Kier alpha value is -2.72. The van der Waals surface area contributed by atoms with Crippen molar-refractivity contribution in [1.29, 1.82) is 0 Å². The minimum Gasteiger partial charge on any atom is -0.351 e. The van der Waals surface area contributed by atoms with Crippen molar-refractivity contribution in [3.05, 3.63) is 47.9 Å². The van der Waals surface area contributed by atoms with Crippen LogP contribution in [0.15, 0.2) is 41.1 Å². The van der Waals surface area contributed by atoms with Gasteiger partial charge in [0.25, 0.3) is 23.1 Å². The summed E-state index contributed by atoms with van der Waals surface area (Å²) in [6.07, 6.45) is 1.41. The summed E-state index contributed by atoms with van der Waals surface area (Å²) in [6, 6.07) is 7.80. The number of hydrogen-bond donors (Lipinski definition) is 2. The molecule has 2 N–H and O–H groups in total. The number of anilines is 1. The van der Waals surface area contributed by atoms with Gasteiger partial charge in [-0.3, -0.25) is 18.9 Å². The van der Waals surface area contributed by atoms with Crippen molar-refractivity contribution >= 4 is 28.8 Å². The van der Waals surface area contributed by atoms with E-state index in [1.54, 1.807) is 34.1 Å². The highest BCUT2D eigenvalue weighted by molar-refractivity contribution is 7.80. The molecule has 1 aliphatic rings. The first-order valence-corrected chi connectivity index (χ1v) is 8.62. The zero-order chi connectivity index (χ0) is 17.8. The largest absolute Gasteiger partial charge is 0.351 e. The molecule has 0 aliphatic carbocycles. The van der Waals surface area contributed by atoms with Crippen molar-refractivity contribution in [1.82, 2.24) is 15.0 Å². The van der Waals surface area contributed by atoms with Crippen LogP contribution < -0.4 is 4.72 Å². The number of aromatic nitrogens is 1. The molecule has 2 heterocycles. The highest BCUT2D eigenvalue weighted by Crippen LogP contribution is 2.14. The fourth-order valence-corrected chi connectivity index (χ4v) is 2.90. The van der Waals surface area contributed by atoms with E-state index in [4.69, 9.17) is 9.08 Å². The van der Waals surface area contributed by atoms with Crippen molar-refractivity contribution < 1.29 is 22.9 Å². The monoisotopic (exact) mass is 364 g/mol. The molecule has 2 aromatic rings. The summed E-state index contributed by atoms with van der Waals surface area (Å²) in [5.74, 6) is -0.204. The van der Waals surface area contributed by atoms with E-state index in [1.807, 2.05) is 0 Å². The van der Waals surface area contributed by atoms with Crippen molar-refractivity contribution in [3.8, 4) is 0 Å². The third-order valence-corrected chi connectivity index (χ3v) is 4.25. The van der Waals surface area contributed by atoms with Gasteiger partial charge in [-0.2, -0.15) is 0 Å².